The van der Waals surface area contributed by atoms with Crippen LogP contribution in [-0.4, -0.2) is 36.3 Å². The Morgan fingerprint density at radius 3 is 2.65 bits per heavy atom. The zero-order valence-electron chi connectivity index (χ0n) is 13.9. The number of likely N-dealkylation sites (tertiary alicyclic amines) is 1. The number of aryl methyl sites for hydroxylation is 1. The minimum absolute atomic E-state index is 0.0309. The number of carbonyl (C=O) groups is 2. The van der Waals surface area contributed by atoms with Crippen molar-refractivity contribution < 1.29 is 9.59 Å². The molecule has 1 aromatic carbocycles. The van der Waals surface area contributed by atoms with Gasteiger partial charge in [-0.3, -0.25) is 9.59 Å². The Labute approximate surface area is 138 Å². The first kappa shape index (κ1) is 16.0. The van der Waals surface area contributed by atoms with Gasteiger partial charge in [0.2, 0.25) is 11.8 Å². The van der Waals surface area contributed by atoms with E-state index >= 15 is 0 Å². The van der Waals surface area contributed by atoms with Gasteiger partial charge in [-0.05, 0) is 48.6 Å². The van der Waals surface area contributed by atoms with Crippen LogP contribution in [0.5, 0.6) is 0 Å². The largest absolute Gasteiger partial charge is 0.356 e. The van der Waals surface area contributed by atoms with Crippen molar-refractivity contribution in [1.29, 1.82) is 0 Å². The van der Waals surface area contributed by atoms with Gasteiger partial charge in [-0.15, -0.1) is 0 Å². The number of fused-ring (bicyclic) bond motifs is 1. The maximum absolute atomic E-state index is 12.6. The van der Waals surface area contributed by atoms with E-state index in [1.165, 1.54) is 11.1 Å². The smallest absolute Gasteiger partial charge is 0.223 e. The summed E-state index contributed by atoms with van der Waals surface area (Å²) in [6.07, 6.45) is 4.84. The van der Waals surface area contributed by atoms with E-state index in [-0.39, 0.29) is 5.91 Å². The molecule has 1 aliphatic heterocycles. The normalized spacial score (nSPS) is 21.1. The fraction of sp³-hybridized carbons (Fsp3) is 0.579. The summed E-state index contributed by atoms with van der Waals surface area (Å²) in [6.45, 7) is 3.96. The first-order valence-corrected chi connectivity index (χ1v) is 8.73. The molecule has 0 aromatic heterocycles. The molecule has 0 spiro atoms. The van der Waals surface area contributed by atoms with Crippen LogP contribution in [0, 0.1) is 5.92 Å². The SMILES string of the molecule is CC(=O)NCC1CCN(C(=O)C[C@@H]2CCc3ccccc32)CC1. The molecule has 1 N–H and O–H groups in total. The number of hydrogen-bond acceptors (Lipinski definition) is 2. The fourth-order valence-electron chi connectivity index (χ4n) is 3.87. The quantitative estimate of drug-likeness (QED) is 0.928. The highest BCUT2D eigenvalue weighted by Crippen LogP contribution is 2.35. The van der Waals surface area contributed by atoms with Crippen LogP contribution in [0.3, 0.4) is 0 Å². The molecule has 2 amide bonds. The van der Waals surface area contributed by atoms with E-state index in [4.69, 9.17) is 0 Å². The number of carbonyl (C=O) groups excluding carboxylic acids is 2. The summed E-state index contributed by atoms with van der Waals surface area (Å²) < 4.78 is 0. The molecule has 1 heterocycles. The third kappa shape index (κ3) is 3.92. The van der Waals surface area contributed by atoms with Crippen LogP contribution < -0.4 is 5.32 Å². The van der Waals surface area contributed by atoms with Crippen LogP contribution in [0.15, 0.2) is 24.3 Å². The van der Waals surface area contributed by atoms with Crippen molar-refractivity contribution in [2.24, 2.45) is 5.92 Å². The zero-order chi connectivity index (χ0) is 16.2. The van der Waals surface area contributed by atoms with Gasteiger partial charge in [-0.1, -0.05) is 24.3 Å². The van der Waals surface area contributed by atoms with Crippen LogP contribution in [0.4, 0.5) is 0 Å². The second-order valence-electron chi connectivity index (χ2n) is 6.90. The Kier molecular flexibility index (Phi) is 4.99. The second kappa shape index (κ2) is 7.16. The van der Waals surface area contributed by atoms with Gasteiger partial charge < -0.3 is 10.2 Å². The first-order chi connectivity index (χ1) is 11.1. The van der Waals surface area contributed by atoms with Crippen molar-refractivity contribution in [2.45, 2.75) is 44.9 Å². The van der Waals surface area contributed by atoms with Crippen LogP contribution in [0.2, 0.25) is 0 Å². The van der Waals surface area contributed by atoms with E-state index in [1.54, 1.807) is 6.92 Å². The lowest BCUT2D eigenvalue weighted by Gasteiger charge is -2.32. The van der Waals surface area contributed by atoms with Gasteiger partial charge >= 0.3 is 0 Å². The molecule has 4 heteroatoms. The number of nitrogens with zero attached hydrogens (tertiary/aromatic N) is 1. The molecule has 3 rings (SSSR count). The highest BCUT2D eigenvalue weighted by molar-refractivity contribution is 5.77. The molecule has 1 saturated heterocycles. The van der Waals surface area contributed by atoms with Gasteiger partial charge in [-0.25, -0.2) is 0 Å². The highest BCUT2D eigenvalue weighted by Gasteiger charge is 2.28. The first-order valence-electron chi connectivity index (χ1n) is 8.73. The van der Waals surface area contributed by atoms with Gasteiger partial charge in [-0.2, -0.15) is 0 Å². The molecular formula is C19H26N2O2. The molecule has 2 aliphatic rings. The van der Waals surface area contributed by atoms with E-state index in [0.29, 0.717) is 24.2 Å². The van der Waals surface area contributed by atoms with Gasteiger partial charge in [0, 0.05) is 33.0 Å². The van der Waals surface area contributed by atoms with Crippen LogP contribution in [0.1, 0.15) is 49.7 Å². The predicted octanol–water partition coefficient (Wildman–Crippen LogP) is 2.48. The number of amides is 2. The lowest BCUT2D eigenvalue weighted by molar-refractivity contribution is -0.133. The number of nitrogens with one attached hydrogen (secondary N) is 1. The standard InChI is InChI=1S/C19H26N2O2/c1-14(22)20-13-15-8-10-21(11-9-15)19(23)12-17-7-6-16-4-2-3-5-18(16)17/h2-5,15,17H,6-13H2,1H3,(H,20,22)/t17-/m0/s1. The van der Waals surface area contributed by atoms with E-state index in [0.717, 1.165) is 45.3 Å². The van der Waals surface area contributed by atoms with Crippen LogP contribution in [-0.2, 0) is 16.0 Å². The van der Waals surface area contributed by atoms with E-state index in [1.807, 2.05) is 4.90 Å². The maximum Gasteiger partial charge on any atom is 0.223 e. The fourth-order valence-corrected chi connectivity index (χ4v) is 3.87. The summed E-state index contributed by atoms with van der Waals surface area (Å²) >= 11 is 0. The third-order valence-electron chi connectivity index (χ3n) is 5.28. The molecule has 1 fully saturated rings. The van der Waals surface area contributed by atoms with Crippen molar-refractivity contribution in [1.82, 2.24) is 10.2 Å². The van der Waals surface area contributed by atoms with E-state index in [2.05, 4.69) is 29.6 Å². The summed E-state index contributed by atoms with van der Waals surface area (Å²) in [5.41, 5.74) is 2.79. The molecule has 0 saturated carbocycles. The number of hydrogen-bond donors (Lipinski definition) is 1. The maximum atomic E-state index is 12.6. The van der Waals surface area contributed by atoms with Crippen molar-refractivity contribution in [3.63, 3.8) is 0 Å². The Morgan fingerprint density at radius 1 is 1.17 bits per heavy atom. The molecule has 1 atom stereocenters. The van der Waals surface area contributed by atoms with Crippen LogP contribution >= 0.6 is 0 Å². The second-order valence-corrected chi connectivity index (χ2v) is 6.90. The van der Waals surface area contributed by atoms with Crippen molar-refractivity contribution in [2.75, 3.05) is 19.6 Å². The number of benzene rings is 1. The third-order valence-corrected chi connectivity index (χ3v) is 5.28. The van der Waals surface area contributed by atoms with Crippen LogP contribution in [0.25, 0.3) is 0 Å². The van der Waals surface area contributed by atoms with E-state index in [9.17, 15) is 9.59 Å². The summed E-state index contributed by atoms with van der Waals surface area (Å²) in [4.78, 5) is 25.6. The lowest BCUT2D eigenvalue weighted by atomic mass is 9.94. The van der Waals surface area contributed by atoms with Gasteiger partial charge in [0.15, 0.2) is 0 Å². The van der Waals surface area contributed by atoms with Gasteiger partial charge in [0.05, 0.1) is 0 Å². The minimum atomic E-state index is 0.0309. The molecule has 1 aliphatic carbocycles. The van der Waals surface area contributed by atoms with E-state index < -0.39 is 0 Å². The molecular weight excluding hydrogens is 288 g/mol. The van der Waals surface area contributed by atoms with Crippen molar-refractivity contribution >= 4 is 11.8 Å². The average Bonchev–Trinajstić information content (AvgIpc) is 2.96. The zero-order valence-corrected chi connectivity index (χ0v) is 13.9. The number of rotatable bonds is 4. The molecule has 124 valence electrons. The number of piperidine rings is 1. The molecule has 0 unspecified atom stereocenters. The molecule has 4 nitrogen and oxygen atoms in total. The van der Waals surface area contributed by atoms with Crippen molar-refractivity contribution in [3.05, 3.63) is 35.4 Å². The molecule has 0 radical (unpaired) electrons. The topological polar surface area (TPSA) is 49.4 Å². The monoisotopic (exact) mass is 314 g/mol. The highest BCUT2D eigenvalue weighted by atomic mass is 16.2. The summed E-state index contributed by atoms with van der Waals surface area (Å²) in [6, 6.07) is 8.53. The predicted molar refractivity (Wildman–Crippen MR) is 90.1 cm³/mol. The molecule has 23 heavy (non-hydrogen) atoms. The Morgan fingerprint density at radius 2 is 1.91 bits per heavy atom. The summed E-state index contributed by atoms with van der Waals surface area (Å²) in [5.74, 6) is 1.24. The van der Waals surface area contributed by atoms with Gasteiger partial charge in [0.1, 0.15) is 0 Å². The average molecular weight is 314 g/mol. The Balaban J connectivity index is 1.48. The Bertz CT molecular complexity index is 576. The van der Waals surface area contributed by atoms with Crippen molar-refractivity contribution in [3.8, 4) is 0 Å². The molecule has 1 aromatic rings. The minimum Gasteiger partial charge on any atom is -0.356 e. The van der Waals surface area contributed by atoms with Gasteiger partial charge in [0.25, 0.3) is 0 Å². The Hall–Kier alpha value is -1.84. The summed E-state index contributed by atoms with van der Waals surface area (Å²) in [7, 11) is 0. The summed E-state index contributed by atoms with van der Waals surface area (Å²) in [5, 5.41) is 2.89. The molecule has 0 bridgehead atoms. The lowest BCUT2D eigenvalue weighted by Crippen LogP contribution is -2.41.